The van der Waals surface area contributed by atoms with Gasteiger partial charge in [-0.1, -0.05) is 41.8 Å². The van der Waals surface area contributed by atoms with Crippen LogP contribution in [0.5, 0.6) is 0 Å². The Kier molecular flexibility index (Phi) is 4.96. The van der Waals surface area contributed by atoms with E-state index in [2.05, 4.69) is 48.2 Å². The molecule has 1 unspecified atom stereocenters. The van der Waals surface area contributed by atoms with Crippen molar-refractivity contribution in [2.75, 3.05) is 6.54 Å². The molecule has 1 aliphatic carbocycles. The third-order valence-electron chi connectivity index (χ3n) is 4.58. The Morgan fingerprint density at radius 1 is 1.33 bits per heavy atom. The maximum Gasteiger partial charge on any atom is 0.232 e. The fourth-order valence-electron chi connectivity index (χ4n) is 3.31. The summed E-state index contributed by atoms with van der Waals surface area (Å²) in [5, 5.41) is 0. The quantitative estimate of drug-likeness (QED) is 0.809. The SMILES string of the molecule is C#CCN(Cc1ccc(C)cc1)C(=O)C1CCCc2cccnc21. The average molecular weight is 318 g/mol. The number of carbonyl (C=O) groups is 1. The van der Waals surface area contributed by atoms with Crippen molar-refractivity contribution in [2.24, 2.45) is 0 Å². The number of pyridine rings is 1. The van der Waals surface area contributed by atoms with Crippen molar-refractivity contribution < 1.29 is 4.79 Å². The van der Waals surface area contributed by atoms with Crippen molar-refractivity contribution in [2.45, 2.75) is 38.6 Å². The molecule has 1 aromatic carbocycles. The van der Waals surface area contributed by atoms with Crippen molar-refractivity contribution in [1.82, 2.24) is 9.88 Å². The number of benzene rings is 1. The van der Waals surface area contributed by atoms with Gasteiger partial charge in [-0.3, -0.25) is 9.78 Å². The van der Waals surface area contributed by atoms with E-state index in [1.165, 1.54) is 11.1 Å². The summed E-state index contributed by atoms with van der Waals surface area (Å²) in [6, 6.07) is 12.2. The van der Waals surface area contributed by atoms with Gasteiger partial charge in [0.15, 0.2) is 0 Å². The first-order chi connectivity index (χ1) is 11.7. The number of fused-ring (bicyclic) bond motifs is 1. The molecule has 122 valence electrons. The number of terminal acetylenes is 1. The van der Waals surface area contributed by atoms with Gasteiger partial charge in [0.2, 0.25) is 5.91 Å². The van der Waals surface area contributed by atoms with E-state index in [0.29, 0.717) is 13.1 Å². The molecular weight excluding hydrogens is 296 g/mol. The number of hydrogen-bond acceptors (Lipinski definition) is 2. The maximum atomic E-state index is 13.1. The zero-order chi connectivity index (χ0) is 16.9. The summed E-state index contributed by atoms with van der Waals surface area (Å²) >= 11 is 0. The Bertz CT molecular complexity index is 758. The highest BCUT2D eigenvalue weighted by atomic mass is 16.2. The summed E-state index contributed by atoms with van der Waals surface area (Å²) in [7, 11) is 0. The highest BCUT2D eigenvalue weighted by Gasteiger charge is 2.30. The van der Waals surface area contributed by atoms with Crippen molar-refractivity contribution in [3.63, 3.8) is 0 Å². The van der Waals surface area contributed by atoms with Crippen LogP contribution < -0.4 is 0 Å². The topological polar surface area (TPSA) is 33.2 Å². The molecule has 1 heterocycles. The zero-order valence-corrected chi connectivity index (χ0v) is 14.0. The van der Waals surface area contributed by atoms with Crippen LogP contribution in [0.1, 0.15) is 41.1 Å². The van der Waals surface area contributed by atoms with Crippen LogP contribution in [0.15, 0.2) is 42.6 Å². The lowest BCUT2D eigenvalue weighted by Crippen LogP contribution is -2.36. The number of aromatic nitrogens is 1. The molecule has 0 spiro atoms. The summed E-state index contributed by atoms with van der Waals surface area (Å²) in [5.74, 6) is 2.55. The van der Waals surface area contributed by atoms with Gasteiger partial charge in [-0.2, -0.15) is 0 Å². The van der Waals surface area contributed by atoms with E-state index in [9.17, 15) is 4.79 Å². The second-order valence-electron chi connectivity index (χ2n) is 6.38. The number of amides is 1. The predicted octanol–water partition coefficient (Wildman–Crippen LogP) is 3.47. The zero-order valence-electron chi connectivity index (χ0n) is 14.0. The molecule has 1 amide bonds. The minimum Gasteiger partial charge on any atom is -0.327 e. The van der Waals surface area contributed by atoms with E-state index in [0.717, 1.165) is 30.5 Å². The molecule has 0 aliphatic heterocycles. The third kappa shape index (κ3) is 3.49. The van der Waals surface area contributed by atoms with Crippen molar-refractivity contribution >= 4 is 5.91 Å². The Labute approximate surface area is 143 Å². The third-order valence-corrected chi connectivity index (χ3v) is 4.58. The molecule has 0 bridgehead atoms. The number of hydrogen-bond donors (Lipinski definition) is 0. The Balaban J connectivity index is 1.82. The van der Waals surface area contributed by atoms with Gasteiger partial charge in [-0.05, 0) is 43.4 Å². The number of nitrogens with zero attached hydrogens (tertiary/aromatic N) is 2. The minimum atomic E-state index is -0.172. The van der Waals surface area contributed by atoms with Crippen molar-refractivity contribution in [3.05, 3.63) is 65.0 Å². The number of aryl methyl sites for hydroxylation is 2. The molecule has 0 saturated heterocycles. The highest BCUT2D eigenvalue weighted by molar-refractivity contribution is 5.84. The van der Waals surface area contributed by atoms with Gasteiger partial charge in [-0.25, -0.2) is 0 Å². The summed E-state index contributed by atoms with van der Waals surface area (Å²) in [6.45, 7) is 2.92. The molecule has 1 aromatic heterocycles. The van der Waals surface area contributed by atoms with E-state index in [4.69, 9.17) is 6.42 Å². The molecule has 3 rings (SSSR count). The first-order valence-electron chi connectivity index (χ1n) is 8.40. The first-order valence-corrected chi connectivity index (χ1v) is 8.40. The van der Waals surface area contributed by atoms with Gasteiger partial charge in [0.1, 0.15) is 0 Å². The number of carbonyl (C=O) groups excluding carboxylic acids is 1. The van der Waals surface area contributed by atoms with Crippen LogP contribution in [0.25, 0.3) is 0 Å². The van der Waals surface area contributed by atoms with Gasteiger partial charge < -0.3 is 4.90 Å². The molecule has 24 heavy (non-hydrogen) atoms. The lowest BCUT2D eigenvalue weighted by atomic mass is 9.85. The van der Waals surface area contributed by atoms with E-state index in [1.807, 2.05) is 6.07 Å². The summed E-state index contributed by atoms with van der Waals surface area (Å²) in [6.07, 6.45) is 10.1. The molecule has 3 nitrogen and oxygen atoms in total. The molecule has 0 saturated carbocycles. The van der Waals surface area contributed by atoms with Crippen LogP contribution in [0.2, 0.25) is 0 Å². The van der Waals surface area contributed by atoms with E-state index >= 15 is 0 Å². The van der Waals surface area contributed by atoms with Gasteiger partial charge >= 0.3 is 0 Å². The normalized spacial score (nSPS) is 16.1. The van der Waals surface area contributed by atoms with Gasteiger partial charge in [0.05, 0.1) is 18.2 Å². The molecule has 0 radical (unpaired) electrons. The monoisotopic (exact) mass is 318 g/mol. The number of rotatable bonds is 4. The fraction of sp³-hybridized carbons (Fsp3) is 0.333. The van der Waals surface area contributed by atoms with Crippen LogP contribution in [-0.4, -0.2) is 22.3 Å². The van der Waals surface area contributed by atoms with Crippen LogP contribution in [0, 0.1) is 19.3 Å². The van der Waals surface area contributed by atoms with Crippen LogP contribution in [-0.2, 0) is 17.8 Å². The van der Waals surface area contributed by atoms with Crippen molar-refractivity contribution in [1.29, 1.82) is 0 Å². The molecule has 0 fully saturated rings. The summed E-state index contributed by atoms with van der Waals surface area (Å²) in [5.41, 5.74) is 4.43. The molecule has 2 aromatic rings. The van der Waals surface area contributed by atoms with E-state index in [-0.39, 0.29) is 11.8 Å². The van der Waals surface area contributed by atoms with Crippen LogP contribution in [0.4, 0.5) is 0 Å². The lowest BCUT2D eigenvalue weighted by Gasteiger charge is -2.29. The van der Waals surface area contributed by atoms with E-state index < -0.39 is 0 Å². The molecule has 3 heteroatoms. The Morgan fingerprint density at radius 3 is 2.88 bits per heavy atom. The fourth-order valence-corrected chi connectivity index (χ4v) is 3.31. The largest absolute Gasteiger partial charge is 0.327 e. The van der Waals surface area contributed by atoms with Crippen molar-refractivity contribution in [3.8, 4) is 12.3 Å². The predicted molar refractivity (Wildman–Crippen MR) is 95.3 cm³/mol. The second-order valence-corrected chi connectivity index (χ2v) is 6.38. The average Bonchev–Trinajstić information content (AvgIpc) is 2.62. The molecule has 1 aliphatic rings. The highest BCUT2D eigenvalue weighted by Crippen LogP contribution is 2.31. The Morgan fingerprint density at radius 2 is 2.12 bits per heavy atom. The van der Waals surface area contributed by atoms with Crippen LogP contribution in [0.3, 0.4) is 0 Å². The van der Waals surface area contributed by atoms with Gasteiger partial charge in [0.25, 0.3) is 0 Å². The van der Waals surface area contributed by atoms with Gasteiger partial charge in [0, 0.05) is 12.7 Å². The maximum absolute atomic E-state index is 13.1. The molecular formula is C21H22N2O. The van der Waals surface area contributed by atoms with Crippen LogP contribution >= 0.6 is 0 Å². The lowest BCUT2D eigenvalue weighted by molar-refractivity contribution is -0.133. The van der Waals surface area contributed by atoms with E-state index in [1.54, 1.807) is 11.1 Å². The summed E-state index contributed by atoms with van der Waals surface area (Å²) in [4.78, 5) is 19.4. The standard InChI is InChI=1S/C21H22N2O/c1-3-14-23(15-17-11-9-16(2)10-12-17)21(24)19-8-4-6-18-7-5-13-22-20(18)19/h1,5,7,9-13,19H,4,6,8,14-15H2,2H3. The summed E-state index contributed by atoms with van der Waals surface area (Å²) < 4.78 is 0. The smallest absolute Gasteiger partial charge is 0.232 e. The molecule has 0 N–H and O–H groups in total. The minimum absolute atomic E-state index is 0.0909. The first kappa shape index (κ1) is 16.3. The van der Waals surface area contributed by atoms with Gasteiger partial charge in [-0.15, -0.1) is 6.42 Å². The Hall–Kier alpha value is -2.60. The second kappa shape index (κ2) is 7.31. The molecule has 1 atom stereocenters.